The summed E-state index contributed by atoms with van der Waals surface area (Å²) in [5.74, 6) is -0.0733. The molecule has 3 atom stereocenters. The Morgan fingerprint density at radius 2 is 2.20 bits per heavy atom. The van der Waals surface area contributed by atoms with E-state index in [1.807, 2.05) is 10.9 Å². The minimum Gasteiger partial charge on any atom is -0.350 e. The summed E-state index contributed by atoms with van der Waals surface area (Å²) in [6.07, 6.45) is 7.91. The van der Waals surface area contributed by atoms with Gasteiger partial charge in [0.25, 0.3) is 5.91 Å². The third-order valence-corrected chi connectivity index (χ3v) is 5.77. The largest absolute Gasteiger partial charge is 0.350 e. The van der Waals surface area contributed by atoms with Gasteiger partial charge in [-0.1, -0.05) is 6.42 Å². The smallest absolute Gasteiger partial charge is 0.271 e. The molecule has 1 amide bonds. The number of rotatable bonds is 6. The number of hydrogen-bond acceptors (Lipinski definition) is 5. The molecular formula is C16H27N5O3S. The van der Waals surface area contributed by atoms with E-state index in [2.05, 4.69) is 20.5 Å². The molecule has 9 heteroatoms. The lowest BCUT2D eigenvalue weighted by Crippen LogP contribution is -2.41. The number of aromatic nitrogens is 2. The first-order chi connectivity index (χ1) is 11.9. The Kier molecular flexibility index (Phi) is 5.75. The van der Waals surface area contributed by atoms with E-state index in [0.717, 1.165) is 45.2 Å². The van der Waals surface area contributed by atoms with Crippen LogP contribution in [0.1, 0.15) is 48.6 Å². The van der Waals surface area contributed by atoms with Crippen molar-refractivity contribution in [1.29, 1.82) is 0 Å². The SMILES string of the molecule is CS(=O)(=O)NC1CCCC1CNC(=O)c1ccn(C2CCCNC2)n1. The van der Waals surface area contributed by atoms with E-state index in [0.29, 0.717) is 18.3 Å². The zero-order chi connectivity index (χ0) is 17.9. The quantitative estimate of drug-likeness (QED) is 0.667. The van der Waals surface area contributed by atoms with Gasteiger partial charge in [0, 0.05) is 25.3 Å². The van der Waals surface area contributed by atoms with Crippen LogP contribution in [0, 0.1) is 5.92 Å². The van der Waals surface area contributed by atoms with E-state index < -0.39 is 10.0 Å². The fourth-order valence-corrected chi connectivity index (χ4v) is 4.61. The fourth-order valence-electron chi connectivity index (χ4n) is 3.75. The molecule has 1 aromatic rings. The molecule has 0 spiro atoms. The summed E-state index contributed by atoms with van der Waals surface area (Å²) in [5, 5.41) is 10.7. The highest BCUT2D eigenvalue weighted by Crippen LogP contribution is 2.25. The Labute approximate surface area is 148 Å². The van der Waals surface area contributed by atoms with Crippen molar-refractivity contribution < 1.29 is 13.2 Å². The lowest BCUT2D eigenvalue weighted by Gasteiger charge is -2.23. The van der Waals surface area contributed by atoms with Crippen molar-refractivity contribution in [3.8, 4) is 0 Å². The van der Waals surface area contributed by atoms with Crippen LogP contribution in [0.4, 0.5) is 0 Å². The maximum Gasteiger partial charge on any atom is 0.271 e. The molecule has 1 saturated heterocycles. The first kappa shape index (κ1) is 18.3. The third-order valence-electron chi connectivity index (χ3n) is 5.04. The molecule has 1 aromatic heterocycles. The van der Waals surface area contributed by atoms with Crippen LogP contribution in [-0.4, -0.2) is 56.0 Å². The minimum absolute atomic E-state index is 0.0961. The average molecular weight is 369 g/mol. The second-order valence-electron chi connectivity index (χ2n) is 7.08. The van der Waals surface area contributed by atoms with Crippen LogP contribution in [0.15, 0.2) is 12.3 Å². The first-order valence-corrected chi connectivity index (χ1v) is 10.8. The Morgan fingerprint density at radius 1 is 1.36 bits per heavy atom. The van der Waals surface area contributed by atoms with Crippen LogP contribution in [0.5, 0.6) is 0 Å². The van der Waals surface area contributed by atoms with Crippen LogP contribution in [0.2, 0.25) is 0 Å². The summed E-state index contributed by atoms with van der Waals surface area (Å²) in [4.78, 5) is 12.3. The van der Waals surface area contributed by atoms with Crippen LogP contribution >= 0.6 is 0 Å². The molecule has 2 heterocycles. The van der Waals surface area contributed by atoms with Gasteiger partial charge in [-0.05, 0) is 44.2 Å². The molecule has 3 rings (SSSR count). The van der Waals surface area contributed by atoms with E-state index in [1.165, 1.54) is 6.26 Å². The molecule has 0 bridgehead atoms. The van der Waals surface area contributed by atoms with Crippen LogP contribution in [0.3, 0.4) is 0 Å². The molecule has 25 heavy (non-hydrogen) atoms. The fraction of sp³-hybridized carbons (Fsp3) is 0.750. The van der Waals surface area contributed by atoms with Gasteiger partial charge in [-0.2, -0.15) is 5.10 Å². The first-order valence-electron chi connectivity index (χ1n) is 8.94. The summed E-state index contributed by atoms with van der Waals surface area (Å²) in [6.45, 7) is 2.38. The molecule has 3 N–H and O–H groups in total. The number of carbonyl (C=O) groups excluding carboxylic acids is 1. The van der Waals surface area contributed by atoms with Crippen LogP contribution in [0.25, 0.3) is 0 Å². The van der Waals surface area contributed by atoms with Crippen molar-refractivity contribution in [2.45, 2.75) is 44.2 Å². The van der Waals surface area contributed by atoms with Crippen molar-refractivity contribution in [2.24, 2.45) is 5.92 Å². The van der Waals surface area contributed by atoms with E-state index in [-0.39, 0.29) is 17.9 Å². The highest BCUT2D eigenvalue weighted by Gasteiger charge is 2.30. The zero-order valence-corrected chi connectivity index (χ0v) is 15.4. The van der Waals surface area contributed by atoms with Gasteiger partial charge in [0.05, 0.1) is 12.3 Å². The number of nitrogens with zero attached hydrogens (tertiary/aromatic N) is 2. The van der Waals surface area contributed by atoms with Crippen molar-refractivity contribution >= 4 is 15.9 Å². The van der Waals surface area contributed by atoms with Gasteiger partial charge in [-0.3, -0.25) is 9.48 Å². The van der Waals surface area contributed by atoms with E-state index >= 15 is 0 Å². The molecule has 2 aliphatic rings. The highest BCUT2D eigenvalue weighted by atomic mass is 32.2. The molecule has 0 radical (unpaired) electrons. The number of piperidine rings is 1. The molecule has 0 aromatic carbocycles. The molecule has 1 saturated carbocycles. The normalized spacial score (nSPS) is 27.3. The molecule has 2 fully saturated rings. The van der Waals surface area contributed by atoms with Gasteiger partial charge >= 0.3 is 0 Å². The molecule has 8 nitrogen and oxygen atoms in total. The monoisotopic (exact) mass is 369 g/mol. The van der Waals surface area contributed by atoms with Gasteiger partial charge < -0.3 is 10.6 Å². The summed E-state index contributed by atoms with van der Waals surface area (Å²) in [5.41, 5.74) is 0.413. The Hall–Kier alpha value is -1.45. The molecular weight excluding hydrogens is 342 g/mol. The summed E-state index contributed by atoms with van der Waals surface area (Å²) >= 11 is 0. The summed E-state index contributed by atoms with van der Waals surface area (Å²) < 4.78 is 27.4. The van der Waals surface area contributed by atoms with Gasteiger partial charge in [-0.25, -0.2) is 13.1 Å². The van der Waals surface area contributed by atoms with Crippen molar-refractivity contribution in [3.63, 3.8) is 0 Å². The number of sulfonamides is 1. The topological polar surface area (TPSA) is 105 Å². The van der Waals surface area contributed by atoms with Gasteiger partial charge in [0.1, 0.15) is 5.69 Å². The number of nitrogens with one attached hydrogen (secondary N) is 3. The van der Waals surface area contributed by atoms with Crippen molar-refractivity contribution in [3.05, 3.63) is 18.0 Å². The van der Waals surface area contributed by atoms with Crippen molar-refractivity contribution in [2.75, 3.05) is 25.9 Å². The number of carbonyl (C=O) groups is 1. The maximum absolute atomic E-state index is 12.3. The molecule has 1 aliphatic carbocycles. The second-order valence-corrected chi connectivity index (χ2v) is 8.86. The number of amides is 1. The lowest BCUT2D eigenvalue weighted by molar-refractivity contribution is 0.0939. The Morgan fingerprint density at radius 3 is 2.92 bits per heavy atom. The number of hydrogen-bond donors (Lipinski definition) is 3. The van der Waals surface area contributed by atoms with Gasteiger partial charge in [0.2, 0.25) is 10.0 Å². The second kappa shape index (κ2) is 7.84. The standard InChI is InChI=1S/C16H27N5O3S/c1-25(23,24)20-14-6-2-4-12(14)10-18-16(22)15-7-9-21(19-15)13-5-3-8-17-11-13/h7,9,12-14,17,20H,2-6,8,10-11H2,1H3,(H,18,22). The Bertz CT molecular complexity index is 696. The predicted molar refractivity (Wildman–Crippen MR) is 94.8 cm³/mol. The predicted octanol–water partition coefficient (Wildman–Crippen LogP) is 0.255. The summed E-state index contributed by atoms with van der Waals surface area (Å²) in [6, 6.07) is 1.94. The zero-order valence-electron chi connectivity index (χ0n) is 14.6. The molecule has 3 unspecified atom stereocenters. The highest BCUT2D eigenvalue weighted by molar-refractivity contribution is 7.88. The van der Waals surface area contributed by atoms with E-state index in [1.54, 1.807) is 6.07 Å². The third kappa shape index (κ3) is 5.02. The Balaban J connectivity index is 1.53. The van der Waals surface area contributed by atoms with Gasteiger partial charge in [-0.15, -0.1) is 0 Å². The minimum atomic E-state index is -3.22. The van der Waals surface area contributed by atoms with Crippen LogP contribution in [-0.2, 0) is 10.0 Å². The van der Waals surface area contributed by atoms with E-state index in [9.17, 15) is 13.2 Å². The summed E-state index contributed by atoms with van der Waals surface area (Å²) in [7, 11) is -3.22. The average Bonchev–Trinajstić information content (AvgIpc) is 3.21. The van der Waals surface area contributed by atoms with E-state index in [4.69, 9.17) is 0 Å². The van der Waals surface area contributed by atoms with Gasteiger partial charge in [0.15, 0.2) is 0 Å². The molecule has 1 aliphatic heterocycles. The van der Waals surface area contributed by atoms with Crippen molar-refractivity contribution in [1.82, 2.24) is 25.1 Å². The lowest BCUT2D eigenvalue weighted by atomic mass is 10.0. The maximum atomic E-state index is 12.3. The molecule has 140 valence electrons. The van der Waals surface area contributed by atoms with Crippen LogP contribution < -0.4 is 15.4 Å².